The molecule has 0 bridgehead atoms. The molecule has 0 spiro atoms. The molecule has 0 aliphatic heterocycles. The number of rotatable bonds is 9. The molecule has 2 aromatic carbocycles. The van der Waals surface area contributed by atoms with Crippen LogP contribution in [0, 0.1) is 11.8 Å². The first-order valence-electron chi connectivity index (χ1n) is 12.4. The van der Waals surface area contributed by atoms with Gasteiger partial charge in [0.15, 0.2) is 0 Å². The van der Waals surface area contributed by atoms with E-state index in [9.17, 15) is 14.4 Å². The van der Waals surface area contributed by atoms with E-state index in [-0.39, 0.29) is 48.8 Å². The number of carboxylic acid groups (broad SMARTS) is 1. The summed E-state index contributed by atoms with van der Waals surface area (Å²) in [7, 11) is 0. The van der Waals surface area contributed by atoms with Gasteiger partial charge in [0.1, 0.15) is 6.61 Å². The summed E-state index contributed by atoms with van der Waals surface area (Å²) in [4.78, 5) is 36.1. The van der Waals surface area contributed by atoms with Crippen molar-refractivity contribution in [1.29, 1.82) is 0 Å². The second kappa shape index (κ2) is 10.9. The average molecular weight is 479 g/mol. The van der Waals surface area contributed by atoms with Crippen LogP contribution >= 0.6 is 0 Å². The summed E-state index contributed by atoms with van der Waals surface area (Å²) in [6, 6.07) is 16.1. The molecule has 0 saturated heterocycles. The molecule has 2 aliphatic carbocycles. The highest BCUT2D eigenvalue weighted by atomic mass is 16.5. The van der Waals surface area contributed by atoms with Crippen molar-refractivity contribution in [2.24, 2.45) is 11.8 Å². The van der Waals surface area contributed by atoms with E-state index in [1.165, 1.54) is 22.3 Å². The van der Waals surface area contributed by atoms with Crippen molar-refractivity contribution < 1.29 is 24.2 Å². The Morgan fingerprint density at radius 3 is 2.23 bits per heavy atom. The molecule has 0 heterocycles. The molecule has 1 saturated carbocycles. The van der Waals surface area contributed by atoms with E-state index < -0.39 is 12.1 Å². The maximum absolute atomic E-state index is 12.6. The molecule has 1 fully saturated rings. The van der Waals surface area contributed by atoms with E-state index in [1.807, 2.05) is 38.1 Å². The standard InChI is InChI=1S/C28H34N2O5/c1-17(2)25(15-27(32)33)30-26(31)14-18-11-12-19(13-18)29-28(34)35-16-24-22-9-5-3-7-20(22)21-8-4-6-10-23(21)24/h3-10,17-19,24-25H,11-16H2,1-2H3,(H,29,34)(H,30,31)(H,32,33)/t18-,19+,25+/m1/s1. The van der Waals surface area contributed by atoms with E-state index in [1.54, 1.807) is 0 Å². The lowest BCUT2D eigenvalue weighted by Crippen LogP contribution is -2.40. The van der Waals surface area contributed by atoms with Gasteiger partial charge in [0.05, 0.1) is 6.42 Å². The maximum Gasteiger partial charge on any atom is 0.407 e. The molecule has 0 unspecified atom stereocenters. The zero-order chi connectivity index (χ0) is 24.9. The molecular weight excluding hydrogens is 444 g/mol. The van der Waals surface area contributed by atoms with Crippen molar-refractivity contribution in [1.82, 2.24) is 10.6 Å². The summed E-state index contributed by atoms with van der Waals surface area (Å²) in [6.45, 7) is 4.08. The van der Waals surface area contributed by atoms with E-state index in [0.717, 1.165) is 12.8 Å². The third-order valence-electron chi connectivity index (χ3n) is 7.23. The Morgan fingerprint density at radius 1 is 1.00 bits per heavy atom. The number of benzene rings is 2. The summed E-state index contributed by atoms with van der Waals surface area (Å²) >= 11 is 0. The van der Waals surface area contributed by atoms with Crippen molar-refractivity contribution in [2.45, 2.75) is 64.0 Å². The van der Waals surface area contributed by atoms with Crippen LogP contribution in [0.25, 0.3) is 11.1 Å². The fourth-order valence-electron chi connectivity index (χ4n) is 5.37. The molecule has 4 rings (SSSR count). The zero-order valence-electron chi connectivity index (χ0n) is 20.3. The number of amides is 2. The molecule has 35 heavy (non-hydrogen) atoms. The van der Waals surface area contributed by atoms with Crippen molar-refractivity contribution in [3.8, 4) is 11.1 Å². The molecule has 2 amide bonds. The summed E-state index contributed by atoms with van der Waals surface area (Å²) in [6.07, 6.45) is 2.18. The van der Waals surface area contributed by atoms with Gasteiger partial charge >= 0.3 is 12.1 Å². The van der Waals surface area contributed by atoms with E-state index in [2.05, 4.69) is 34.9 Å². The third-order valence-corrected chi connectivity index (χ3v) is 7.23. The van der Waals surface area contributed by atoms with Gasteiger partial charge in [0.25, 0.3) is 0 Å². The van der Waals surface area contributed by atoms with Crippen LogP contribution in [0.15, 0.2) is 48.5 Å². The molecule has 2 aromatic rings. The van der Waals surface area contributed by atoms with Crippen molar-refractivity contribution >= 4 is 18.0 Å². The Hall–Kier alpha value is -3.35. The normalized spacial score (nSPS) is 19.6. The highest BCUT2D eigenvalue weighted by molar-refractivity contribution is 5.79. The van der Waals surface area contributed by atoms with Crippen LogP contribution in [0.2, 0.25) is 0 Å². The van der Waals surface area contributed by atoms with E-state index in [0.29, 0.717) is 12.8 Å². The number of carbonyl (C=O) groups is 3. The Labute approximate surface area is 206 Å². The summed E-state index contributed by atoms with van der Waals surface area (Å²) < 4.78 is 5.65. The number of carboxylic acids is 1. The van der Waals surface area contributed by atoms with Crippen LogP contribution in [0.1, 0.15) is 63.0 Å². The summed E-state index contributed by atoms with van der Waals surface area (Å²) in [5, 5.41) is 14.9. The highest BCUT2D eigenvalue weighted by Crippen LogP contribution is 2.44. The van der Waals surface area contributed by atoms with Crippen LogP contribution < -0.4 is 10.6 Å². The predicted molar refractivity (Wildman–Crippen MR) is 133 cm³/mol. The smallest absolute Gasteiger partial charge is 0.407 e. The van der Waals surface area contributed by atoms with E-state index >= 15 is 0 Å². The number of ether oxygens (including phenoxy) is 1. The second-order valence-corrected chi connectivity index (χ2v) is 10.1. The first kappa shape index (κ1) is 24.8. The molecule has 0 aromatic heterocycles. The number of fused-ring (bicyclic) bond motifs is 3. The number of alkyl carbamates (subject to hydrolysis) is 1. The number of hydrogen-bond acceptors (Lipinski definition) is 4. The SMILES string of the molecule is CC(C)[C@H](CC(=O)O)NC(=O)C[C@@H]1CC[C@H](NC(=O)OCC2c3ccccc3-c3ccccc32)C1. The third kappa shape index (κ3) is 6.02. The lowest BCUT2D eigenvalue weighted by molar-refractivity contribution is -0.138. The van der Waals surface area contributed by atoms with Crippen molar-refractivity contribution in [3.05, 3.63) is 59.7 Å². The Kier molecular flexibility index (Phi) is 7.73. The maximum atomic E-state index is 12.6. The molecule has 3 N–H and O–H groups in total. The fraction of sp³-hybridized carbons (Fsp3) is 0.464. The van der Waals surface area contributed by atoms with Crippen LogP contribution in [0.3, 0.4) is 0 Å². The van der Waals surface area contributed by atoms with Gasteiger partial charge in [-0.25, -0.2) is 4.79 Å². The summed E-state index contributed by atoms with van der Waals surface area (Å²) in [5.74, 6) is -0.824. The van der Waals surface area contributed by atoms with Crippen LogP contribution in [-0.4, -0.2) is 41.8 Å². The highest BCUT2D eigenvalue weighted by Gasteiger charge is 2.31. The number of nitrogens with one attached hydrogen (secondary N) is 2. The molecule has 7 nitrogen and oxygen atoms in total. The number of hydrogen-bond donors (Lipinski definition) is 3. The molecule has 2 aliphatic rings. The van der Waals surface area contributed by atoms with Gasteiger partial charge in [-0.15, -0.1) is 0 Å². The summed E-state index contributed by atoms with van der Waals surface area (Å²) in [5.41, 5.74) is 4.74. The lowest BCUT2D eigenvalue weighted by Gasteiger charge is -2.21. The Balaban J connectivity index is 1.24. The largest absolute Gasteiger partial charge is 0.481 e. The molecule has 7 heteroatoms. The Morgan fingerprint density at radius 2 is 1.63 bits per heavy atom. The van der Waals surface area contributed by atoms with Gasteiger partial charge in [-0.2, -0.15) is 0 Å². The minimum absolute atomic E-state index is 0.0212. The van der Waals surface area contributed by atoms with Crippen LogP contribution in [0.5, 0.6) is 0 Å². The Bertz CT molecular complexity index is 1040. The van der Waals surface area contributed by atoms with Crippen LogP contribution in [-0.2, 0) is 14.3 Å². The number of carbonyl (C=O) groups excluding carboxylic acids is 2. The minimum Gasteiger partial charge on any atom is -0.481 e. The molecule has 186 valence electrons. The number of aliphatic carboxylic acids is 1. The molecule has 0 radical (unpaired) electrons. The predicted octanol–water partition coefficient (Wildman–Crippen LogP) is 4.70. The topological polar surface area (TPSA) is 105 Å². The molecule has 3 atom stereocenters. The lowest BCUT2D eigenvalue weighted by atomic mass is 9.98. The van der Waals surface area contributed by atoms with Gasteiger partial charge in [-0.05, 0) is 53.4 Å². The van der Waals surface area contributed by atoms with Gasteiger partial charge in [-0.3, -0.25) is 9.59 Å². The second-order valence-electron chi connectivity index (χ2n) is 10.1. The first-order chi connectivity index (χ1) is 16.8. The van der Waals surface area contributed by atoms with Crippen molar-refractivity contribution in [2.75, 3.05) is 6.61 Å². The zero-order valence-corrected chi connectivity index (χ0v) is 20.3. The monoisotopic (exact) mass is 478 g/mol. The fourth-order valence-corrected chi connectivity index (χ4v) is 5.37. The van der Waals surface area contributed by atoms with Gasteiger partial charge in [0.2, 0.25) is 5.91 Å². The minimum atomic E-state index is -0.919. The van der Waals surface area contributed by atoms with Crippen molar-refractivity contribution in [3.63, 3.8) is 0 Å². The van der Waals surface area contributed by atoms with Gasteiger partial charge in [0, 0.05) is 24.4 Å². The van der Waals surface area contributed by atoms with E-state index in [4.69, 9.17) is 9.84 Å². The quantitative estimate of drug-likeness (QED) is 0.485. The molecular formula is C28H34N2O5. The van der Waals surface area contributed by atoms with Gasteiger partial charge < -0.3 is 20.5 Å². The average Bonchev–Trinajstić information content (AvgIpc) is 3.38. The van der Waals surface area contributed by atoms with Gasteiger partial charge in [-0.1, -0.05) is 62.4 Å². The first-order valence-corrected chi connectivity index (χ1v) is 12.4. The van der Waals surface area contributed by atoms with Crippen LogP contribution in [0.4, 0.5) is 4.79 Å².